The fourth-order valence-electron chi connectivity index (χ4n) is 3.03. The summed E-state index contributed by atoms with van der Waals surface area (Å²) in [5.74, 6) is -3.71. The molecule has 7 heteroatoms. The number of ketones is 1. The molecule has 4 N–H and O–H groups in total. The number of hydrogen-bond acceptors (Lipinski definition) is 5. The molecule has 1 aliphatic rings. The first-order chi connectivity index (χ1) is 13.7. The summed E-state index contributed by atoms with van der Waals surface area (Å²) in [4.78, 5) is 34.7. The highest BCUT2D eigenvalue weighted by molar-refractivity contribution is 6.23. The largest absolute Gasteiger partial charge is 0.508 e. The molecule has 146 valence electrons. The zero-order valence-electron chi connectivity index (χ0n) is 15.2. The Balaban J connectivity index is 2.35. The van der Waals surface area contributed by atoms with Gasteiger partial charge in [-0.3, -0.25) is 4.79 Å². The minimum Gasteiger partial charge on any atom is -0.508 e. The Morgan fingerprint density at radius 3 is 2.03 bits per heavy atom. The van der Waals surface area contributed by atoms with Crippen LogP contribution >= 0.6 is 0 Å². The maximum atomic E-state index is 11.9. The summed E-state index contributed by atoms with van der Waals surface area (Å²) >= 11 is 0. The molecule has 0 heterocycles. The highest BCUT2D eigenvalue weighted by atomic mass is 16.4. The van der Waals surface area contributed by atoms with Crippen molar-refractivity contribution in [3.63, 3.8) is 0 Å². The molecule has 2 aromatic rings. The summed E-state index contributed by atoms with van der Waals surface area (Å²) in [6.45, 7) is 1.68. The molecular formula is C22H16O7. The Hall–Kier alpha value is -4.13. The van der Waals surface area contributed by atoms with Crippen LogP contribution in [0.2, 0.25) is 0 Å². The van der Waals surface area contributed by atoms with Crippen molar-refractivity contribution in [2.45, 2.75) is 6.92 Å². The van der Waals surface area contributed by atoms with Crippen molar-refractivity contribution in [1.29, 1.82) is 0 Å². The second-order valence-corrected chi connectivity index (χ2v) is 6.43. The number of allylic oxidation sites excluding steroid dienone is 4. The van der Waals surface area contributed by atoms with Gasteiger partial charge < -0.3 is 20.4 Å². The monoisotopic (exact) mass is 392 g/mol. The SMILES string of the molecule is Cc1cc(C(=C2C=CC(=O)C(C(=O)O)=C2)c2ccc(O)c(C(=O)O)c2)ccc1O. The molecule has 0 unspecified atom stereocenters. The van der Waals surface area contributed by atoms with Gasteiger partial charge in [0.1, 0.15) is 22.6 Å². The molecule has 0 radical (unpaired) electrons. The Morgan fingerprint density at radius 2 is 1.45 bits per heavy atom. The maximum Gasteiger partial charge on any atom is 0.339 e. The average molecular weight is 392 g/mol. The average Bonchev–Trinajstić information content (AvgIpc) is 2.66. The van der Waals surface area contributed by atoms with E-state index >= 15 is 0 Å². The topological polar surface area (TPSA) is 132 Å². The van der Waals surface area contributed by atoms with E-state index in [1.807, 2.05) is 0 Å². The lowest BCUT2D eigenvalue weighted by molar-refractivity contribution is -0.134. The Morgan fingerprint density at radius 1 is 0.828 bits per heavy atom. The smallest absolute Gasteiger partial charge is 0.339 e. The molecule has 7 nitrogen and oxygen atoms in total. The third-order valence-corrected chi connectivity index (χ3v) is 4.50. The van der Waals surface area contributed by atoms with Crippen molar-refractivity contribution in [3.8, 4) is 11.5 Å². The molecule has 0 saturated carbocycles. The number of aliphatic carboxylic acids is 1. The normalized spacial score (nSPS) is 15.1. The molecule has 0 atom stereocenters. The molecule has 0 bridgehead atoms. The first-order valence-electron chi connectivity index (χ1n) is 8.47. The zero-order valence-corrected chi connectivity index (χ0v) is 15.2. The second kappa shape index (κ2) is 7.47. The van der Waals surface area contributed by atoms with Gasteiger partial charge in [0.05, 0.1) is 0 Å². The zero-order chi connectivity index (χ0) is 21.3. The molecular weight excluding hydrogens is 376 g/mol. The summed E-state index contributed by atoms with van der Waals surface area (Å²) < 4.78 is 0. The van der Waals surface area contributed by atoms with Crippen LogP contribution in [-0.2, 0) is 9.59 Å². The van der Waals surface area contributed by atoms with Crippen LogP contribution in [-0.4, -0.2) is 38.1 Å². The van der Waals surface area contributed by atoms with Gasteiger partial charge in [-0.25, -0.2) is 9.59 Å². The number of carbonyl (C=O) groups is 3. The van der Waals surface area contributed by atoms with Gasteiger partial charge in [-0.05, 0) is 71.2 Å². The molecule has 0 aromatic heterocycles. The number of benzene rings is 2. The highest BCUT2D eigenvalue weighted by Crippen LogP contribution is 2.34. The lowest BCUT2D eigenvalue weighted by Gasteiger charge is -2.16. The van der Waals surface area contributed by atoms with E-state index in [4.69, 9.17) is 0 Å². The van der Waals surface area contributed by atoms with Crippen LogP contribution < -0.4 is 0 Å². The van der Waals surface area contributed by atoms with Crippen LogP contribution in [0.1, 0.15) is 27.0 Å². The minimum atomic E-state index is -1.38. The molecule has 29 heavy (non-hydrogen) atoms. The molecule has 0 fully saturated rings. The highest BCUT2D eigenvalue weighted by Gasteiger charge is 2.22. The summed E-state index contributed by atoms with van der Waals surface area (Å²) in [6.07, 6.45) is 3.79. The number of rotatable bonds is 4. The number of carboxylic acids is 2. The van der Waals surface area contributed by atoms with Crippen LogP contribution in [0.3, 0.4) is 0 Å². The number of carbonyl (C=O) groups excluding carboxylic acids is 1. The van der Waals surface area contributed by atoms with E-state index in [9.17, 15) is 34.8 Å². The third kappa shape index (κ3) is 3.79. The predicted molar refractivity (Wildman–Crippen MR) is 104 cm³/mol. The molecule has 0 saturated heterocycles. The van der Waals surface area contributed by atoms with Gasteiger partial charge in [0.2, 0.25) is 0 Å². The standard InChI is InChI=1S/C22H16O7/c1-11-8-12(2-5-17(11)23)20(13-3-6-18(24)15(9-13)21(26)27)14-4-7-19(25)16(10-14)22(28)29/h2-10,23-24H,1H3,(H,26,27)(H,28,29). The van der Waals surface area contributed by atoms with Crippen LogP contribution in [0.5, 0.6) is 11.5 Å². The number of aromatic hydroxyl groups is 2. The lowest BCUT2D eigenvalue weighted by atomic mass is 9.87. The van der Waals surface area contributed by atoms with E-state index in [0.29, 0.717) is 27.8 Å². The van der Waals surface area contributed by atoms with Crippen LogP contribution in [0, 0.1) is 6.92 Å². The van der Waals surface area contributed by atoms with Crippen molar-refractivity contribution >= 4 is 23.3 Å². The van der Waals surface area contributed by atoms with Gasteiger partial charge in [-0.15, -0.1) is 0 Å². The number of aromatic carboxylic acids is 1. The fourth-order valence-corrected chi connectivity index (χ4v) is 3.03. The predicted octanol–water partition coefficient (Wildman–Crippen LogP) is 3.06. The summed E-state index contributed by atoms with van der Waals surface area (Å²) in [5, 5.41) is 38.3. The van der Waals surface area contributed by atoms with Crippen molar-refractivity contribution in [3.05, 3.63) is 88.0 Å². The number of carboxylic acid groups (broad SMARTS) is 2. The van der Waals surface area contributed by atoms with Gasteiger partial charge in [0, 0.05) is 0 Å². The van der Waals surface area contributed by atoms with E-state index in [0.717, 1.165) is 6.08 Å². The minimum absolute atomic E-state index is 0.0613. The third-order valence-electron chi connectivity index (χ3n) is 4.50. The van der Waals surface area contributed by atoms with Gasteiger partial charge in [-0.2, -0.15) is 0 Å². The maximum absolute atomic E-state index is 11.9. The molecule has 0 aliphatic heterocycles. The van der Waals surface area contributed by atoms with E-state index in [2.05, 4.69) is 0 Å². The molecule has 0 amide bonds. The van der Waals surface area contributed by atoms with Gasteiger partial charge in [0.15, 0.2) is 5.78 Å². The summed E-state index contributed by atoms with van der Waals surface area (Å²) in [6, 6.07) is 8.70. The number of phenolic OH excluding ortho intramolecular Hbond substituents is 1. The van der Waals surface area contributed by atoms with Gasteiger partial charge >= 0.3 is 11.9 Å². The van der Waals surface area contributed by atoms with E-state index in [-0.39, 0.29) is 11.3 Å². The van der Waals surface area contributed by atoms with Crippen molar-refractivity contribution in [2.24, 2.45) is 0 Å². The van der Waals surface area contributed by atoms with Gasteiger partial charge in [0.25, 0.3) is 0 Å². The number of phenols is 2. The second-order valence-electron chi connectivity index (χ2n) is 6.43. The van der Waals surface area contributed by atoms with Crippen LogP contribution in [0.15, 0.2) is 65.8 Å². The van der Waals surface area contributed by atoms with Gasteiger partial charge in [-0.1, -0.05) is 18.2 Å². The fraction of sp³-hybridized carbons (Fsp3) is 0.0455. The summed E-state index contributed by atoms with van der Waals surface area (Å²) in [7, 11) is 0. The molecule has 2 aromatic carbocycles. The van der Waals surface area contributed by atoms with Crippen molar-refractivity contribution in [1.82, 2.24) is 0 Å². The molecule has 3 rings (SSSR count). The first-order valence-corrected chi connectivity index (χ1v) is 8.47. The molecule has 1 aliphatic carbocycles. The Labute approximate surface area is 165 Å². The molecule has 0 spiro atoms. The number of hydrogen-bond donors (Lipinski definition) is 4. The van der Waals surface area contributed by atoms with Crippen molar-refractivity contribution < 1.29 is 34.8 Å². The lowest BCUT2D eigenvalue weighted by Crippen LogP contribution is -2.13. The van der Waals surface area contributed by atoms with Crippen molar-refractivity contribution in [2.75, 3.05) is 0 Å². The van der Waals surface area contributed by atoms with E-state index < -0.39 is 29.0 Å². The Kier molecular flexibility index (Phi) is 5.06. The Bertz CT molecular complexity index is 1150. The number of aryl methyl sites for hydroxylation is 1. The first kappa shape index (κ1) is 19.6. The van der Waals surface area contributed by atoms with E-state index in [1.165, 1.54) is 36.4 Å². The van der Waals surface area contributed by atoms with E-state index in [1.54, 1.807) is 19.1 Å². The van der Waals surface area contributed by atoms with Crippen LogP contribution in [0.25, 0.3) is 5.57 Å². The van der Waals surface area contributed by atoms with Crippen LogP contribution in [0.4, 0.5) is 0 Å². The summed E-state index contributed by atoms with van der Waals surface area (Å²) in [5.41, 5.74) is 1.57. The quantitative estimate of drug-likeness (QED) is 0.588.